The molecule has 0 saturated carbocycles. The molecule has 1 unspecified atom stereocenters. The SMILES string of the molecule is CCCCC1C=C(C)C(CC)=C(CC)C(O)=C1. The molecule has 1 heteroatoms. The molecule has 0 bridgehead atoms. The summed E-state index contributed by atoms with van der Waals surface area (Å²) in [6, 6.07) is 0. The fourth-order valence-corrected chi connectivity index (χ4v) is 2.66. The van der Waals surface area contributed by atoms with Crippen molar-refractivity contribution in [1.82, 2.24) is 0 Å². The van der Waals surface area contributed by atoms with Crippen molar-refractivity contribution < 1.29 is 5.11 Å². The molecule has 17 heavy (non-hydrogen) atoms. The monoisotopic (exact) mass is 234 g/mol. The van der Waals surface area contributed by atoms with E-state index < -0.39 is 0 Å². The maximum atomic E-state index is 10.2. The molecule has 0 heterocycles. The van der Waals surface area contributed by atoms with Crippen molar-refractivity contribution in [3.63, 3.8) is 0 Å². The van der Waals surface area contributed by atoms with Crippen LogP contribution in [0.4, 0.5) is 0 Å². The van der Waals surface area contributed by atoms with Crippen LogP contribution in [0.1, 0.15) is 59.8 Å². The zero-order valence-electron chi connectivity index (χ0n) is 11.7. The Bertz CT molecular complexity index is 315. The van der Waals surface area contributed by atoms with Crippen LogP contribution in [0.25, 0.3) is 0 Å². The van der Waals surface area contributed by atoms with Gasteiger partial charge in [-0.25, -0.2) is 0 Å². The van der Waals surface area contributed by atoms with Crippen molar-refractivity contribution in [3.05, 3.63) is 34.6 Å². The summed E-state index contributed by atoms with van der Waals surface area (Å²) in [7, 11) is 0. The van der Waals surface area contributed by atoms with E-state index in [4.69, 9.17) is 0 Å². The molecule has 1 nitrogen and oxygen atoms in total. The summed E-state index contributed by atoms with van der Waals surface area (Å²) in [6.07, 6.45) is 9.87. The van der Waals surface area contributed by atoms with Crippen molar-refractivity contribution >= 4 is 0 Å². The highest BCUT2D eigenvalue weighted by molar-refractivity contribution is 5.44. The zero-order valence-corrected chi connectivity index (χ0v) is 11.7. The second kappa shape index (κ2) is 6.68. The Balaban J connectivity index is 3.03. The summed E-state index contributed by atoms with van der Waals surface area (Å²) in [6.45, 7) is 8.68. The summed E-state index contributed by atoms with van der Waals surface area (Å²) in [5, 5.41) is 10.2. The van der Waals surface area contributed by atoms with Gasteiger partial charge in [-0.3, -0.25) is 0 Å². The van der Waals surface area contributed by atoms with Gasteiger partial charge < -0.3 is 5.11 Å². The van der Waals surface area contributed by atoms with Crippen LogP contribution in [0.3, 0.4) is 0 Å². The van der Waals surface area contributed by atoms with Crippen molar-refractivity contribution in [3.8, 4) is 0 Å². The van der Waals surface area contributed by atoms with Crippen LogP contribution in [0, 0.1) is 5.92 Å². The molecule has 0 amide bonds. The van der Waals surface area contributed by atoms with Gasteiger partial charge in [0.1, 0.15) is 5.76 Å². The van der Waals surface area contributed by atoms with E-state index in [0.717, 1.165) is 24.8 Å². The first-order valence-corrected chi connectivity index (χ1v) is 6.95. The third kappa shape index (κ3) is 3.49. The Morgan fingerprint density at radius 1 is 1.06 bits per heavy atom. The van der Waals surface area contributed by atoms with Crippen LogP contribution < -0.4 is 0 Å². The summed E-state index contributed by atoms with van der Waals surface area (Å²) in [5.74, 6) is 0.916. The molecule has 96 valence electrons. The highest BCUT2D eigenvalue weighted by atomic mass is 16.3. The van der Waals surface area contributed by atoms with Crippen LogP contribution in [0.2, 0.25) is 0 Å². The second-order valence-corrected chi connectivity index (χ2v) is 4.87. The van der Waals surface area contributed by atoms with E-state index in [0.29, 0.717) is 11.7 Å². The van der Waals surface area contributed by atoms with Crippen LogP contribution in [0.15, 0.2) is 34.6 Å². The lowest BCUT2D eigenvalue weighted by molar-refractivity contribution is 0.412. The van der Waals surface area contributed by atoms with E-state index in [1.54, 1.807) is 0 Å². The molecule has 0 aliphatic heterocycles. The third-order valence-corrected chi connectivity index (χ3v) is 3.58. The smallest absolute Gasteiger partial charge is 0.115 e. The minimum Gasteiger partial charge on any atom is -0.508 e. The van der Waals surface area contributed by atoms with Crippen molar-refractivity contribution in [2.75, 3.05) is 0 Å². The van der Waals surface area contributed by atoms with Crippen molar-refractivity contribution in [2.45, 2.75) is 59.8 Å². The Morgan fingerprint density at radius 3 is 2.24 bits per heavy atom. The van der Waals surface area contributed by atoms with Gasteiger partial charge in [0.25, 0.3) is 0 Å². The fourth-order valence-electron chi connectivity index (χ4n) is 2.66. The maximum Gasteiger partial charge on any atom is 0.115 e. The molecule has 0 saturated heterocycles. The number of unbranched alkanes of at least 4 members (excludes halogenated alkanes) is 1. The number of aliphatic hydroxyl groups excluding tert-OH is 1. The largest absolute Gasteiger partial charge is 0.508 e. The predicted molar refractivity (Wildman–Crippen MR) is 75.1 cm³/mol. The minimum absolute atomic E-state index is 0.403. The molecular weight excluding hydrogens is 208 g/mol. The highest BCUT2D eigenvalue weighted by Crippen LogP contribution is 2.31. The van der Waals surface area contributed by atoms with Crippen LogP contribution in [-0.2, 0) is 0 Å². The summed E-state index contributed by atoms with van der Waals surface area (Å²) in [5.41, 5.74) is 3.83. The Hall–Kier alpha value is -0.980. The van der Waals surface area contributed by atoms with Gasteiger partial charge in [0.15, 0.2) is 0 Å². The molecule has 1 N–H and O–H groups in total. The number of allylic oxidation sites excluding steroid dienone is 5. The molecule has 1 aliphatic rings. The lowest BCUT2D eigenvalue weighted by Gasteiger charge is -2.10. The summed E-state index contributed by atoms with van der Waals surface area (Å²) in [4.78, 5) is 0. The molecular formula is C16H26O. The maximum absolute atomic E-state index is 10.2. The van der Waals surface area contributed by atoms with Crippen LogP contribution in [-0.4, -0.2) is 5.11 Å². The van der Waals surface area contributed by atoms with E-state index in [-0.39, 0.29) is 0 Å². The zero-order chi connectivity index (χ0) is 12.8. The summed E-state index contributed by atoms with van der Waals surface area (Å²) < 4.78 is 0. The van der Waals surface area contributed by atoms with Gasteiger partial charge in [-0.05, 0) is 49.3 Å². The van der Waals surface area contributed by atoms with Gasteiger partial charge in [0, 0.05) is 0 Å². The predicted octanol–water partition coefficient (Wildman–Crippen LogP) is 5.31. The number of rotatable bonds is 5. The average molecular weight is 234 g/mol. The van der Waals surface area contributed by atoms with Gasteiger partial charge in [0.2, 0.25) is 0 Å². The van der Waals surface area contributed by atoms with E-state index >= 15 is 0 Å². The van der Waals surface area contributed by atoms with Gasteiger partial charge >= 0.3 is 0 Å². The third-order valence-electron chi connectivity index (χ3n) is 3.58. The fraction of sp³-hybridized carbons (Fsp3) is 0.625. The van der Waals surface area contributed by atoms with E-state index in [2.05, 4.69) is 33.8 Å². The van der Waals surface area contributed by atoms with Crippen molar-refractivity contribution in [2.24, 2.45) is 5.92 Å². The molecule has 0 aromatic carbocycles. The van der Waals surface area contributed by atoms with E-state index in [9.17, 15) is 5.11 Å². The molecule has 0 spiro atoms. The molecule has 1 rings (SSSR count). The standard InChI is InChI=1S/C16H26O/c1-5-8-9-13-10-12(4)14(6-2)15(7-3)16(17)11-13/h10-11,13,17H,5-9H2,1-4H3. The molecule has 1 atom stereocenters. The van der Waals surface area contributed by atoms with Crippen LogP contribution in [0.5, 0.6) is 0 Å². The quantitative estimate of drug-likeness (QED) is 0.683. The molecule has 0 radical (unpaired) electrons. The molecule has 0 aromatic heterocycles. The first-order valence-electron chi connectivity index (χ1n) is 6.95. The van der Waals surface area contributed by atoms with E-state index in [1.165, 1.54) is 24.0 Å². The van der Waals surface area contributed by atoms with Gasteiger partial charge in [-0.15, -0.1) is 0 Å². The Morgan fingerprint density at radius 2 is 1.71 bits per heavy atom. The number of aliphatic hydroxyl groups is 1. The van der Waals surface area contributed by atoms with Crippen molar-refractivity contribution in [1.29, 1.82) is 0 Å². The number of hydrogen-bond acceptors (Lipinski definition) is 1. The summed E-state index contributed by atoms with van der Waals surface area (Å²) >= 11 is 0. The lowest BCUT2D eigenvalue weighted by atomic mass is 9.96. The number of hydrogen-bond donors (Lipinski definition) is 1. The topological polar surface area (TPSA) is 20.2 Å². The van der Waals surface area contributed by atoms with Gasteiger partial charge in [0.05, 0.1) is 0 Å². The second-order valence-electron chi connectivity index (χ2n) is 4.87. The Kier molecular flexibility index (Phi) is 5.54. The average Bonchev–Trinajstić information content (AvgIpc) is 2.42. The highest BCUT2D eigenvalue weighted by Gasteiger charge is 2.16. The van der Waals surface area contributed by atoms with Crippen LogP contribution >= 0.6 is 0 Å². The first kappa shape index (κ1) is 14.1. The normalized spacial score (nSPS) is 21.1. The van der Waals surface area contributed by atoms with Gasteiger partial charge in [-0.1, -0.05) is 45.3 Å². The van der Waals surface area contributed by atoms with Gasteiger partial charge in [-0.2, -0.15) is 0 Å². The first-order chi connectivity index (χ1) is 8.13. The Labute approximate surface area is 106 Å². The lowest BCUT2D eigenvalue weighted by Crippen LogP contribution is -1.95. The molecule has 0 fully saturated rings. The molecule has 0 aromatic rings. The molecule has 1 aliphatic carbocycles. The van der Waals surface area contributed by atoms with E-state index in [1.807, 2.05) is 6.08 Å². The minimum atomic E-state index is 0.403.